The summed E-state index contributed by atoms with van der Waals surface area (Å²) in [7, 11) is 2.89. The zero-order chi connectivity index (χ0) is 12.2. The molecule has 1 aromatic carbocycles. The molecule has 0 atom stereocenters. The molecular formula is C13H22ClNSi. The van der Waals surface area contributed by atoms with Crippen LogP contribution in [-0.2, 0) is 0 Å². The molecule has 1 aromatic rings. The van der Waals surface area contributed by atoms with Crippen molar-refractivity contribution in [3.05, 3.63) is 24.3 Å². The minimum Gasteiger partial charge on any atom is -0.378 e. The van der Waals surface area contributed by atoms with E-state index in [2.05, 4.69) is 56.4 Å². The van der Waals surface area contributed by atoms with Crippen LogP contribution in [0.4, 0.5) is 5.69 Å². The molecule has 0 amide bonds. The van der Waals surface area contributed by atoms with E-state index >= 15 is 0 Å². The van der Waals surface area contributed by atoms with Crippen molar-refractivity contribution in [3.63, 3.8) is 0 Å². The molecular weight excluding hydrogens is 234 g/mol. The molecule has 0 fully saturated rings. The van der Waals surface area contributed by atoms with E-state index in [9.17, 15) is 0 Å². The average molecular weight is 256 g/mol. The van der Waals surface area contributed by atoms with E-state index in [4.69, 9.17) is 11.6 Å². The van der Waals surface area contributed by atoms with Crippen LogP contribution in [-0.4, -0.2) is 28.0 Å². The Kier molecular flexibility index (Phi) is 4.87. The predicted molar refractivity (Wildman–Crippen MR) is 78.0 cm³/mol. The van der Waals surface area contributed by atoms with Crippen LogP contribution in [0.1, 0.15) is 6.42 Å². The number of alkyl halides is 1. The van der Waals surface area contributed by atoms with Gasteiger partial charge in [-0.05, 0) is 18.6 Å². The first-order valence-corrected chi connectivity index (χ1v) is 9.55. The van der Waals surface area contributed by atoms with Crippen molar-refractivity contribution in [1.29, 1.82) is 0 Å². The molecule has 3 heteroatoms. The van der Waals surface area contributed by atoms with E-state index in [1.54, 1.807) is 0 Å². The molecule has 0 aromatic heterocycles. The zero-order valence-electron chi connectivity index (χ0n) is 10.8. The normalized spacial score (nSPS) is 11.6. The number of hydrogen-bond acceptors (Lipinski definition) is 1. The second-order valence-electron chi connectivity index (χ2n) is 5.12. The van der Waals surface area contributed by atoms with Crippen molar-refractivity contribution in [3.8, 4) is 0 Å². The van der Waals surface area contributed by atoms with Crippen molar-refractivity contribution in [1.82, 2.24) is 0 Å². The van der Waals surface area contributed by atoms with Gasteiger partial charge in [-0.2, -0.15) is 0 Å². The molecule has 0 spiro atoms. The van der Waals surface area contributed by atoms with Gasteiger partial charge in [0.1, 0.15) is 0 Å². The van der Waals surface area contributed by atoms with Crippen LogP contribution in [0.2, 0.25) is 19.1 Å². The summed E-state index contributed by atoms with van der Waals surface area (Å²) in [5.41, 5.74) is 1.27. The molecule has 0 radical (unpaired) electrons. The minimum atomic E-state index is -1.26. The van der Waals surface area contributed by atoms with Crippen LogP contribution in [0.5, 0.6) is 0 Å². The highest BCUT2D eigenvalue weighted by Crippen LogP contribution is 2.15. The van der Waals surface area contributed by atoms with Gasteiger partial charge >= 0.3 is 0 Å². The summed E-state index contributed by atoms with van der Waals surface area (Å²) in [6, 6.07) is 10.3. The third kappa shape index (κ3) is 3.53. The molecule has 0 unspecified atom stereocenters. The largest absolute Gasteiger partial charge is 0.378 e. The summed E-state index contributed by atoms with van der Waals surface area (Å²) in [4.78, 5) is 2.14. The van der Waals surface area contributed by atoms with Crippen molar-refractivity contribution < 1.29 is 0 Å². The number of anilines is 1. The second kappa shape index (κ2) is 5.74. The van der Waals surface area contributed by atoms with Gasteiger partial charge in [-0.1, -0.05) is 36.5 Å². The SMILES string of the molecule is CN(C)c1ccc([Si](C)(C)CCCCl)cc1. The Morgan fingerprint density at radius 2 is 1.69 bits per heavy atom. The summed E-state index contributed by atoms with van der Waals surface area (Å²) in [6.45, 7) is 4.84. The van der Waals surface area contributed by atoms with Gasteiger partial charge in [0.2, 0.25) is 0 Å². The van der Waals surface area contributed by atoms with Gasteiger partial charge in [0.25, 0.3) is 0 Å². The van der Waals surface area contributed by atoms with Gasteiger partial charge in [0, 0.05) is 25.7 Å². The van der Waals surface area contributed by atoms with Crippen LogP contribution < -0.4 is 10.1 Å². The van der Waals surface area contributed by atoms with E-state index in [-0.39, 0.29) is 0 Å². The molecule has 90 valence electrons. The molecule has 0 bridgehead atoms. The van der Waals surface area contributed by atoms with Crippen LogP contribution in [0.3, 0.4) is 0 Å². The van der Waals surface area contributed by atoms with E-state index in [0.717, 1.165) is 12.3 Å². The molecule has 1 nitrogen and oxygen atoms in total. The van der Waals surface area contributed by atoms with Crippen molar-refractivity contribution in [2.75, 3.05) is 24.9 Å². The Morgan fingerprint density at radius 1 is 1.12 bits per heavy atom. The number of nitrogens with zero attached hydrogens (tertiary/aromatic N) is 1. The highest BCUT2D eigenvalue weighted by atomic mass is 35.5. The van der Waals surface area contributed by atoms with Crippen LogP contribution in [0, 0.1) is 0 Å². The summed E-state index contributed by atoms with van der Waals surface area (Å²) in [5, 5.41) is 1.53. The fourth-order valence-corrected chi connectivity index (χ4v) is 4.64. The highest BCUT2D eigenvalue weighted by molar-refractivity contribution is 6.89. The Morgan fingerprint density at radius 3 is 2.12 bits per heavy atom. The molecule has 0 saturated heterocycles. The number of halogens is 1. The van der Waals surface area contributed by atoms with Crippen LogP contribution in [0.25, 0.3) is 0 Å². The van der Waals surface area contributed by atoms with Crippen LogP contribution in [0.15, 0.2) is 24.3 Å². The molecule has 1 rings (SSSR count). The fourth-order valence-electron chi connectivity index (χ4n) is 1.86. The van der Waals surface area contributed by atoms with Crippen molar-refractivity contribution >= 4 is 30.5 Å². The number of hydrogen-bond donors (Lipinski definition) is 0. The predicted octanol–water partition coefficient (Wildman–Crippen LogP) is 3.30. The maximum atomic E-state index is 5.78. The zero-order valence-corrected chi connectivity index (χ0v) is 12.5. The lowest BCUT2D eigenvalue weighted by Crippen LogP contribution is -2.41. The Labute approximate surface area is 105 Å². The minimum absolute atomic E-state index is 0.784. The quantitative estimate of drug-likeness (QED) is 0.577. The molecule has 16 heavy (non-hydrogen) atoms. The van der Waals surface area contributed by atoms with Gasteiger partial charge in [0.15, 0.2) is 0 Å². The van der Waals surface area contributed by atoms with Gasteiger partial charge in [0.05, 0.1) is 8.07 Å². The van der Waals surface area contributed by atoms with E-state index in [1.165, 1.54) is 16.9 Å². The summed E-state index contributed by atoms with van der Waals surface area (Å²) in [6.07, 6.45) is 1.14. The molecule has 0 aliphatic heterocycles. The molecule has 0 aliphatic carbocycles. The highest BCUT2D eigenvalue weighted by Gasteiger charge is 2.22. The Balaban J connectivity index is 2.79. The van der Waals surface area contributed by atoms with Gasteiger partial charge < -0.3 is 4.90 Å². The lowest BCUT2D eigenvalue weighted by Gasteiger charge is -2.23. The first-order valence-electron chi connectivity index (χ1n) is 5.81. The number of rotatable bonds is 5. The van der Waals surface area contributed by atoms with Gasteiger partial charge in [-0.15, -0.1) is 11.6 Å². The molecule has 0 saturated carbocycles. The topological polar surface area (TPSA) is 3.24 Å². The van der Waals surface area contributed by atoms with Crippen LogP contribution >= 0.6 is 11.6 Å². The van der Waals surface area contributed by atoms with Crippen molar-refractivity contribution in [2.24, 2.45) is 0 Å². The molecule has 0 aliphatic rings. The van der Waals surface area contributed by atoms with Crippen molar-refractivity contribution in [2.45, 2.75) is 25.6 Å². The monoisotopic (exact) mass is 255 g/mol. The lowest BCUT2D eigenvalue weighted by molar-refractivity contribution is 1.06. The second-order valence-corrected chi connectivity index (χ2v) is 10.3. The summed E-state index contributed by atoms with van der Waals surface area (Å²) >= 11 is 5.78. The number of benzene rings is 1. The molecule has 0 N–H and O–H groups in total. The lowest BCUT2D eigenvalue weighted by atomic mass is 10.3. The standard InChI is InChI=1S/C13H22ClNSi/c1-15(2)12-6-8-13(9-7-12)16(3,4)11-5-10-14/h6-9H,5,10-11H2,1-4H3. The smallest absolute Gasteiger partial charge is 0.0806 e. The third-order valence-corrected chi connectivity index (χ3v) is 6.87. The Hall–Kier alpha value is -0.473. The third-order valence-electron chi connectivity index (χ3n) is 3.10. The van der Waals surface area contributed by atoms with E-state index in [1.807, 2.05) is 0 Å². The first-order chi connectivity index (χ1) is 7.47. The van der Waals surface area contributed by atoms with E-state index < -0.39 is 8.07 Å². The fraction of sp³-hybridized carbons (Fsp3) is 0.538. The Bertz CT molecular complexity index is 319. The first kappa shape index (κ1) is 13.6. The van der Waals surface area contributed by atoms with E-state index in [0.29, 0.717) is 0 Å². The maximum absolute atomic E-state index is 5.78. The maximum Gasteiger partial charge on any atom is 0.0806 e. The van der Waals surface area contributed by atoms with Gasteiger partial charge in [-0.3, -0.25) is 0 Å². The molecule has 0 heterocycles. The average Bonchev–Trinajstić information content (AvgIpc) is 2.26. The van der Waals surface area contributed by atoms with Gasteiger partial charge in [-0.25, -0.2) is 0 Å². The summed E-state index contributed by atoms with van der Waals surface area (Å²) < 4.78 is 0. The summed E-state index contributed by atoms with van der Waals surface area (Å²) in [5.74, 6) is 0.784.